The number of carbonyl (C=O) groups is 1. The van der Waals surface area contributed by atoms with Crippen molar-refractivity contribution in [3.8, 4) is 0 Å². The van der Waals surface area contributed by atoms with Crippen molar-refractivity contribution in [1.29, 1.82) is 0 Å². The normalized spacial score (nSPS) is 21.5. The van der Waals surface area contributed by atoms with Gasteiger partial charge in [0.05, 0.1) is 17.9 Å². The molecule has 12 heteroatoms. The summed E-state index contributed by atoms with van der Waals surface area (Å²) in [5.41, 5.74) is -2.32. The highest BCUT2D eigenvalue weighted by Gasteiger charge is 2.62. The molecular weight excluding hydrogens is 422 g/mol. The molecule has 158 valence electrons. The van der Waals surface area contributed by atoms with Crippen molar-refractivity contribution >= 4 is 34.8 Å². The van der Waals surface area contributed by atoms with Gasteiger partial charge in [-0.2, -0.15) is 0 Å². The molecule has 1 aliphatic heterocycles. The van der Waals surface area contributed by atoms with Crippen LogP contribution in [0.2, 0.25) is 5.02 Å². The number of nitrogens with one attached hydrogen (secondary N) is 3. The molecule has 2 fully saturated rings. The first-order chi connectivity index (χ1) is 14.2. The average molecular weight is 439 g/mol. The van der Waals surface area contributed by atoms with Crippen molar-refractivity contribution in [3.05, 3.63) is 39.5 Å². The van der Waals surface area contributed by atoms with Crippen LogP contribution in [0.3, 0.4) is 0 Å². The summed E-state index contributed by atoms with van der Waals surface area (Å²) in [6, 6.07) is 2.76. The summed E-state index contributed by atoms with van der Waals surface area (Å²) in [7, 11) is 0. The molecule has 0 radical (unpaired) electrons. The van der Waals surface area contributed by atoms with Gasteiger partial charge in [-0.1, -0.05) is 11.6 Å². The zero-order chi connectivity index (χ0) is 21.3. The first-order valence-corrected chi connectivity index (χ1v) is 9.75. The van der Waals surface area contributed by atoms with Gasteiger partial charge >= 0.3 is 0 Å². The molecule has 5 rings (SSSR count). The van der Waals surface area contributed by atoms with E-state index in [0.717, 1.165) is 17.4 Å². The van der Waals surface area contributed by atoms with E-state index >= 15 is 0 Å². The number of carbonyl (C=O) groups excluding carboxylic acids is 1. The van der Waals surface area contributed by atoms with E-state index in [2.05, 4.69) is 25.9 Å². The number of anilines is 3. The highest BCUT2D eigenvalue weighted by Crippen LogP contribution is 2.51. The number of pyridine rings is 1. The number of rotatable bonds is 5. The van der Waals surface area contributed by atoms with E-state index < -0.39 is 42.1 Å². The van der Waals surface area contributed by atoms with E-state index in [0.29, 0.717) is 5.82 Å². The van der Waals surface area contributed by atoms with Crippen LogP contribution in [0.4, 0.5) is 26.1 Å². The fourth-order valence-corrected chi connectivity index (χ4v) is 4.27. The van der Waals surface area contributed by atoms with Crippen molar-refractivity contribution in [1.82, 2.24) is 19.9 Å². The summed E-state index contributed by atoms with van der Waals surface area (Å²) in [5.74, 6) is -2.87. The van der Waals surface area contributed by atoms with Gasteiger partial charge in [0, 0.05) is 12.0 Å². The maximum absolute atomic E-state index is 13.6. The summed E-state index contributed by atoms with van der Waals surface area (Å²) >= 11 is 6.20. The number of hydrogen-bond acceptors (Lipinski definition) is 7. The van der Waals surface area contributed by atoms with E-state index in [-0.39, 0.29) is 28.1 Å². The minimum absolute atomic E-state index is 0.0257. The van der Waals surface area contributed by atoms with Crippen LogP contribution in [0.1, 0.15) is 36.2 Å². The molecule has 9 nitrogen and oxygen atoms in total. The number of alkyl halides is 2. The predicted octanol–water partition coefficient (Wildman–Crippen LogP) is 2.00. The summed E-state index contributed by atoms with van der Waals surface area (Å²) in [6.07, 6.45) is 1.02. The molecule has 30 heavy (non-hydrogen) atoms. The van der Waals surface area contributed by atoms with E-state index in [4.69, 9.17) is 11.6 Å². The number of aliphatic hydroxyl groups is 1. The number of hydrogen-bond donors (Lipinski definition) is 4. The van der Waals surface area contributed by atoms with Gasteiger partial charge in [-0.3, -0.25) is 14.2 Å². The third kappa shape index (κ3) is 3.08. The fourth-order valence-electron chi connectivity index (χ4n) is 3.99. The number of fused-ring (bicyclic) bond motifs is 2. The van der Waals surface area contributed by atoms with E-state index in [1.54, 1.807) is 0 Å². The minimum atomic E-state index is -2.97. The topological polar surface area (TPSA) is 121 Å². The van der Waals surface area contributed by atoms with Crippen LogP contribution in [0.25, 0.3) is 0 Å². The number of halogens is 3. The van der Waals surface area contributed by atoms with Gasteiger partial charge in [-0.25, -0.2) is 18.7 Å². The molecule has 2 saturated carbocycles. The molecular formula is C18H17ClF2N6O3. The lowest BCUT2D eigenvalue weighted by atomic mass is 9.81. The lowest BCUT2D eigenvalue weighted by molar-refractivity contribution is -0.157. The summed E-state index contributed by atoms with van der Waals surface area (Å²) in [5, 5.41) is 18.1. The van der Waals surface area contributed by atoms with E-state index in [9.17, 15) is 23.5 Å². The third-order valence-electron chi connectivity index (χ3n) is 5.54. The maximum Gasteiger partial charge on any atom is 0.276 e. The predicted molar refractivity (Wildman–Crippen MR) is 103 cm³/mol. The van der Waals surface area contributed by atoms with Crippen LogP contribution >= 0.6 is 11.6 Å². The average Bonchev–Trinajstić information content (AvgIpc) is 3.43. The molecule has 0 bridgehead atoms. The molecule has 0 aromatic carbocycles. The highest BCUT2D eigenvalue weighted by atomic mass is 35.5. The highest BCUT2D eigenvalue weighted by molar-refractivity contribution is 6.34. The Morgan fingerprint density at radius 1 is 1.23 bits per heavy atom. The molecule has 0 saturated heterocycles. The monoisotopic (exact) mass is 438 g/mol. The second-order valence-corrected chi connectivity index (χ2v) is 8.34. The van der Waals surface area contributed by atoms with Crippen LogP contribution in [0, 0.1) is 5.92 Å². The van der Waals surface area contributed by atoms with Gasteiger partial charge in [-0.15, -0.1) is 0 Å². The van der Waals surface area contributed by atoms with Crippen molar-refractivity contribution in [2.75, 3.05) is 10.6 Å². The molecule has 3 heterocycles. The van der Waals surface area contributed by atoms with Crippen LogP contribution in [0.15, 0.2) is 23.3 Å². The lowest BCUT2D eigenvalue weighted by Crippen LogP contribution is -2.61. The van der Waals surface area contributed by atoms with Crippen molar-refractivity contribution in [3.63, 3.8) is 0 Å². The molecule has 2 aromatic rings. The Labute approximate surface area is 173 Å². The molecule has 2 aliphatic carbocycles. The van der Waals surface area contributed by atoms with E-state index in [1.807, 2.05) is 0 Å². The smallest absolute Gasteiger partial charge is 0.276 e. The van der Waals surface area contributed by atoms with Gasteiger partial charge in [0.25, 0.3) is 17.4 Å². The van der Waals surface area contributed by atoms with Gasteiger partial charge in [0.1, 0.15) is 41.2 Å². The molecule has 1 amide bonds. The Bertz CT molecular complexity index is 1110. The van der Waals surface area contributed by atoms with Gasteiger partial charge in [0.2, 0.25) is 0 Å². The number of aromatic nitrogens is 3. The summed E-state index contributed by atoms with van der Waals surface area (Å²) in [4.78, 5) is 33.4. The Morgan fingerprint density at radius 2 is 1.93 bits per heavy atom. The van der Waals surface area contributed by atoms with Crippen LogP contribution in [-0.2, 0) is 5.66 Å². The molecule has 1 unspecified atom stereocenters. The third-order valence-corrected chi connectivity index (χ3v) is 5.83. The van der Waals surface area contributed by atoms with Crippen molar-refractivity contribution < 1.29 is 18.7 Å². The first kappa shape index (κ1) is 19.2. The second-order valence-electron chi connectivity index (χ2n) is 7.93. The lowest BCUT2D eigenvalue weighted by Gasteiger charge is -2.45. The molecule has 1 spiro atoms. The Morgan fingerprint density at radius 3 is 2.60 bits per heavy atom. The van der Waals surface area contributed by atoms with Crippen LogP contribution in [0.5, 0.6) is 0 Å². The SMILES string of the molecule is O=C1NC2(CC(F)(F)C2)n2c1c(Cl)cc(Nc1cc(NC(O)C3CC3)ncn1)c2=O. The zero-order valence-corrected chi connectivity index (χ0v) is 16.2. The van der Waals surface area contributed by atoms with Crippen LogP contribution < -0.4 is 21.5 Å². The molecule has 4 N–H and O–H groups in total. The standard InChI is InChI=1S/C18H17ClF2N6O3/c19-9-3-10(24-11-4-12(23-7-22-11)25-14(28)8-1-2-8)16(30)27-13(9)15(29)26-18(27)5-17(20,21)6-18/h3-4,7-8,14,28H,1-2,5-6H2,(H,26,29)(H2,22,23,24,25). The van der Waals surface area contributed by atoms with Crippen molar-refractivity contribution in [2.45, 2.75) is 43.5 Å². The number of amides is 1. The Kier molecular flexibility index (Phi) is 4.06. The fraction of sp³-hybridized carbons (Fsp3) is 0.444. The largest absolute Gasteiger partial charge is 0.373 e. The van der Waals surface area contributed by atoms with Gasteiger partial charge in [0.15, 0.2) is 0 Å². The molecule has 1 atom stereocenters. The molecule has 2 aromatic heterocycles. The summed E-state index contributed by atoms with van der Waals surface area (Å²) in [6.45, 7) is 0. The zero-order valence-electron chi connectivity index (χ0n) is 15.5. The van der Waals surface area contributed by atoms with Crippen molar-refractivity contribution in [2.24, 2.45) is 5.92 Å². The Hall–Kier alpha value is -2.79. The number of aliphatic hydroxyl groups excluding tert-OH is 1. The summed E-state index contributed by atoms with van der Waals surface area (Å²) < 4.78 is 28.2. The second kappa shape index (κ2) is 6.35. The molecule has 3 aliphatic rings. The number of nitrogens with zero attached hydrogens (tertiary/aromatic N) is 3. The van der Waals surface area contributed by atoms with Gasteiger partial charge in [-0.05, 0) is 18.9 Å². The maximum atomic E-state index is 13.6. The first-order valence-electron chi connectivity index (χ1n) is 9.38. The minimum Gasteiger partial charge on any atom is -0.373 e. The van der Waals surface area contributed by atoms with Gasteiger partial charge < -0.3 is 21.1 Å². The quantitative estimate of drug-likeness (QED) is 0.527. The van der Waals surface area contributed by atoms with E-state index in [1.165, 1.54) is 18.5 Å². The van der Waals surface area contributed by atoms with Crippen LogP contribution in [-0.4, -0.2) is 37.7 Å². The Balaban J connectivity index is 1.47.